The Balaban J connectivity index is 1.74. The molecular weight excluding hydrogens is 320 g/mol. The molecule has 0 spiro atoms. The molecule has 5 nitrogen and oxygen atoms in total. The van der Waals surface area contributed by atoms with Crippen LogP contribution < -0.4 is 16.2 Å². The van der Waals surface area contributed by atoms with Crippen LogP contribution in [0.15, 0.2) is 29.1 Å². The van der Waals surface area contributed by atoms with Crippen LogP contribution in [-0.2, 0) is 13.0 Å². The van der Waals surface area contributed by atoms with E-state index in [1.54, 1.807) is 11.3 Å². The van der Waals surface area contributed by atoms with Gasteiger partial charge in [-0.1, -0.05) is 18.2 Å². The minimum absolute atomic E-state index is 0.0496. The van der Waals surface area contributed by atoms with E-state index in [2.05, 4.69) is 22.0 Å². The third-order valence-electron chi connectivity index (χ3n) is 4.70. The molecule has 1 aliphatic rings. The maximum absolute atomic E-state index is 12.5. The van der Waals surface area contributed by atoms with Gasteiger partial charge in [-0.05, 0) is 37.5 Å². The number of para-hydroxylation sites is 1. The smallest absolute Gasteiger partial charge is 0.259 e. The fourth-order valence-electron chi connectivity index (χ4n) is 3.43. The van der Waals surface area contributed by atoms with E-state index in [9.17, 15) is 4.79 Å². The third kappa shape index (κ3) is 2.52. The van der Waals surface area contributed by atoms with Crippen LogP contribution in [0.25, 0.3) is 10.2 Å². The SMILES string of the molecule is Cc1sc2nc(CN3CC(N)Cc4ccccc43)[nH]c(=O)c2c1C. The van der Waals surface area contributed by atoms with Crippen LogP contribution in [-0.4, -0.2) is 22.6 Å². The summed E-state index contributed by atoms with van der Waals surface area (Å²) in [6.45, 7) is 5.33. The maximum atomic E-state index is 12.5. The fourth-order valence-corrected chi connectivity index (χ4v) is 4.47. The van der Waals surface area contributed by atoms with E-state index < -0.39 is 0 Å². The molecule has 1 aromatic carbocycles. The first kappa shape index (κ1) is 15.4. The van der Waals surface area contributed by atoms with Crippen LogP contribution >= 0.6 is 11.3 Å². The number of aromatic amines is 1. The number of H-pyrrole nitrogens is 1. The number of nitrogens with one attached hydrogen (secondary N) is 1. The molecule has 24 heavy (non-hydrogen) atoms. The van der Waals surface area contributed by atoms with Crippen LogP contribution in [0.4, 0.5) is 5.69 Å². The predicted molar refractivity (Wildman–Crippen MR) is 98.9 cm³/mol. The molecular formula is C18H20N4OS. The highest BCUT2D eigenvalue weighted by atomic mass is 32.1. The first-order chi connectivity index (χ1) is 11.5. The van der Waals surface area contributed by atoms with Crippen LogP contribution in [0.1, 0.15) is 21.8 Å². The van der Waals surface area contributed by atoms with Gasteiger partial charge in [0.05, 0.1) is 11.9 Å². The number of aryl methyl sites for hydroxylation is 2. The maximum Gasteiger partial charge on any atom is 0.259 e. The van der Waals surface area contributed by atoms with Gasteiger partial charge in [0, 0.05) is 23.2 Å². The summed E-state index contributed by atoms with van der Waals surface area (Å²) in [6.07, 6.45) is 0.888. The highest BCUT2D eigenvalue weighted by Gasteiger charge is 2.23. The predicted octanol–water partition coefficient (Wildman–Crippen LogP) is 2.49. The van der Waals surface area contributed by atoms with E-state index in [-0.39, 0.29) is 11.6 Å². The van der Waals surface area contributed by atoms with Gasteiger partial charge < -0.3 is 15.6 Å². The quantitative estimate of drug-likeness (QED) is 0.751. The third-order valence-corrected chi connectivity index (χ3v) is 5.80. The van der Waals surface area contributed by atoms with Crippen LogP contribution in [0.5, 0.6) is 0 Å². The molecule has 0 saturated heterocycles. The molecule has 2 aromatic heterocycles. The van der Waals surface area contributed by atoms with Crippen molar-refractivity contribution in [3.63, 3.8) is 0 Å². The molecule has 3 heterocycles. The Labute approximate surface area is 144 Å². The van der Waals surface area contributed by atoms with Gasteiger partial charge in [-0.25, -0.2) is 4.98 Å². The molecule has 1 unspecified atom stereocenters. The highest BCUT2D eigenvalue weighted by Crippen LogP contribution is 2.29. The zero-order valence-corrected chi connectivity index (χ0v) is 14.6. The Kier molecular flexibility index (Phi) is 3.66. The lowest BCUT2D eigenvalue weighted by atomic mass is 9.98. The van der Waals surface area contributed by atoms with Crippen molar-refractivity contribution in [2.45, 2.75) is 32.9 Å². The average molecular weight is 340 g/mol. The molecule has 0 amide bonds. The van der Waals surface area contributed by atoms with Crippen molar-refractivity contribution in [2.24, 2.45) is 5.73 Å². The second-order valence-electron chi connectivity index (χ2n) is 6.45. The molecule has 6 heteroatoms. The molecule has 0 saturated carbocycles. The van der Waals surface area contributed by atoms with Crippen molar-refractivity contribution in [1.29, 1.82) is 0 Å². The van der Waals surface area contributed by atoms with Gasteiger partial charge >= 0.3 is 0 Å². The number of thiophene rings is 1. The number of nitrogens with two attached hydrogens (primary N) is 1. The molecule has 3 N–H and O–H groups in total. The van der Waals surface area contributed by atoms with Gasteiger partial charge in [-0.2, -0.15) is 0 Å². The molecule has 1 atom stereocenters. The van der Waals surface area contributed by atoms with E-state index in [1.165, 1.54) is 11.3 Å². The summed E-state index contributed by atoms with van der Waals surface area (Å²) < 4.78 is 0. The average Bonchev–Trinajstić information content (AvgIpc) is 2.82. The number of anilines is 1. The van der Waals surface area contributed by atoms with Gasteiger partial charge in [0.1, 0.15) is 10.7 Å². The summed E-state index contributed by atoms with van der Waals surface area (Å²) in [6, 6.07) is 8.40. The second kappa shape index (κ2) is 5.72. The van der Waals surface area contributed by atoms with E-state index >= 15 is 0 Å². The second-order valence-corrected chi connectivity index (χ2v) is 7.65. The van der Waals surface area contributed by atoms with Crippen LogP contribution in [0.2, 0.25) is 0 Å². The normalized spacial score (nSPS) is 17.3. The van der Waals surface area contributed by atoms with Gasteiger partial charge in [0.15, 0.2) is 0 Å². The van der Waals surface area contributed by atoms with Crippen LogP contribution in [0, 0.1) is 13.8 Å². The molecule has 0 bridgehead atoms. The van der Waals surface area contributed by atoms with Crippen LogP contribution in [0.3, 0.4) is 0 Å². The molecule has 4 rings (SSSR count). The lowest BCUT2D eigenvalue weighted by molar-refractivity contribution is 0.591. The van der Waals surface area contributed by atoms with E-state index in [1.807, 2.05) is 26.0 Å². The van der Waals surface area contributed by atoms with Crippen molar-refractivity contribution in [3.8, 4) is 0 Å². The van der Waals surface area contributed by atoms with E-state index in [0.29, 0.717) is 12.4 Å². The Hall–Kier alpha value is -2.18. The van der Waals surface area contributed by atoms with E-state index in [4.69, 9.17) is 10.7 Å². The zero-order valence-electron chi connectivity index (χ0n) is 13.8. The molecule has 0 radical (unpaired) electrons. The van der Waals surface area contributed by atoms with Crippen molar-refractivity contribution in [2.75, 3.05) is 11.4 Å². The van der Waals surface area contributed by atoms with Gasteiger partial charge in [-0.15, -0.1) is 11.3 Å². The number of aromatic nitrogens is 2. The zero-order chi connectivity index (χ0) is 16.8. The van der Waals surface area contributed by atoms with E-state index in [0.717, 1.165) is 33.6 Å². The molecule has 0 fully saturated rings. The standard InChI is InChI=1S/C18H20N4OS/c1-10-11(2)24-18-16(10)17(23)20-15(21-18)9-22-8-13(19)7-12-5-3-4-6-14(12)22/h3-6,13H,7-9,19H2,1-2H3,(H,20,21,23). The monoisotopic (exact) mass is 340 g/mol. The molecule has 124 valence electrons. The largest absolute Gasteiger partial charge is 0.362 e. The first-order valence-electron chi connectivity index (χ1n) is 8.10. The number of hydrogen-bond donors (Lipinski definition) is 2. The number of nitrogens with zero attached hydrogens (tertiary/aromatic N) is 2. The Morgan fingerprint density at radius 3 is 3.00 bits per heavy atom. The summed E-state index contributed by atoms with van der Waals surface area (Å²) in [5.74, 6) is 0.692. The highest BCUT2D eigenvalue weighted by molar-refractivity contribution is 7.18. The van der Waals surface area contributed by atoms with Crippen molar-refractivity contribution in [3.05, 3.63) is 56.4 Å². The summed E-state index contributed by atoms with van der Waals surface area (Å²) in [4.78, 5) is 24.3. The topological polar surface area (TPSA) is 75.0 Å². The van der Waals surface area contributed by atoms with Crippen molar-refractivity contribution >= 4 is 27.2 Å². The fraction of sp³-hybridized carbons (Fsp3) is 0.333. The Bertz CT molecular complexity index is 975. The Morgan fingerprint density at radius 1 is 1.38 bits per heavy atom. The summed E-state index contributed by atoms with van der Waals surface area (Å²) >= 11 is 1.58. The number of hydrogen-bond acceptors (Lipinski definition) is 5. The van der Waals surface area contributed by atoms with Crippen molar-refractivity contribution in [1.82, 2.24) is 9.97 Å². The number of fused-ring (bicyclic) bond motifs is 2. The summed E-state index contributed by atoms with van der Waals surface area (Å²) in [5, 5.41) is 0.719. The minimum atomic E-state index is -0.0496. The van der Waals surface area contributed by atoms with Gasteiger partial charge in [0.2, 0.25) is 0 Å². The Morgan fingerprint density at radius 2 is 2.17 bits per heavy atom. The molecule has 1 aliphatic heterocycles. The summed E-state index contributed by atoms with van der Waals surface area (Å²) in [7, 11) is 0. The van der Waals surface area contributed by atoms with Crippen molar-refractivity contribution < 1.29 is 0 Å². The number of benzene rings is 1. The molecule has 0 aliphatic carbocycles. The molecule has 3 aromatic rings. The minimum Gasteiger partial charge on any atom is -0.362 e. The van der Waals surface area contributed by atoms with Gasteiger partial charge in [0.25, 0.3) is 5.56 Å². The lowest BCUT2D eigenvalue weighted by Gasteiger charge is -2.34. The summed E-state index contributed by atoms with van der Waals surface area (Å²) in [5.41, 5.74) is 9.62. The number of rotatable bonds is 2. The van der Waals surface area contributed by atoms with Gasteiger partial charge in [-0.3, -0.25) is 4.79 Å². The lowest BCUT2D eigenvalue weighted by Crippen LogP contribution is -2.43. The first-order valence-corrected chi connectivity index (χ1v) is 8.92.